The van der Waals surface area contributed by atoms with Gasteiger partial charge in [-0.1, -0.05) is 0 Å². The van der Waals surface area contributed by atoms with Gasteiger partial charge in [0.25, 0.3) is 0 Å². The van der Waals surface area contributed by atoms with Crippen LogP contribution in [-0.2, 0) is 0 Å². The molecule has 0 aromatic carbocycles. The molecule has 0 spiro atoms. The van der Waals surface area contributed by atoms with Gasteiger partial charge in [0.2, 0.25) is 0 Å². The second-order valence-electron chi connectivity index (χ2n) is 0.891. The van der Waals surface area contributed by atoms with E-state index in [9.17, 15) is 17.3 Å². The SMILES string of the molecule is F[B-](F)(F)F.[O-][Cl+3]([O-])([O-])O. The van der Waals surface area contributed by atoms with Crippen molar-refractivity contribution in [2.75, 3.05) is 0 Å². The summed E-state index contributed by atoms with van der Waals surface area (Å²) in [7, 11) is -10.7. The van der Waals surface area contributed by atoms with Crippen LogP contribution in [0.3, 0.4) is 0 Å². The van der Waals surface area contributed by atoms with E-state index in [-0.39, 0.29) is 0 Å². The van der Waals surface area contributed by atoms with Gasteiger partial charge in [-0.15, -0.1) is 0 Å². The summed E-state index contributed by atoms with van der Waals surface area (Å²) >= 11 is 0. The van der Waals surface area contributed by atoms with E-state index in [1.54, 1.807) is 0 Å². The minimum absolute atomic E-state index is 4.69. The van der Waals surface area contributed by atoms with Gasteiger partial charge < -0.3 is 17.3 Å². The number of halogens is 5. The van der Waals surface area contributed by atoms with Gasteiger partial charge in [-0.05, 0) is 0 Å². The molecule has 0 aromatic heterocycles. The third-order valence-corrected chi connectivity index (χ3v) is 0. The highest BCUT2D eigenvalue weighted by Gasteiger charge is 2.20. The smallest absolute Gasteiger partial charge is 0.418 e. The van der Waals surface area contributed by atoms with Crippen LogP contribution in [0, 0.1) is 10.2 Å². The molecule has 0 atom stereocenters. The van der Waals surface area contributed by atoms with Crippen molar-refractivity contribution in [1.82, 2.24) is 0 Å². The Morgan fingerprint density at radius 3 is 1.00 bits per heavy atom. The van der Waals surface area contributed by atoms with E-state index in [0.717, 1.165) is 0 Å². The van der Waals surface area contributed by atoms with E-state index >= 15 is 0 Å². The Bertz CT molecular complexity index is 60.2. The fraction of sp³-hybridized carbons (Fsp3) is 0. The molecule has 10 heavy (non-hydrogen) atoms. The summed E-state index contributed by atoms with van der Waals surface area (Å²) in [5.41, 5.74) is 0. The molecule has 0 aliphatic heterocycles. The highest BCUT2D eigenvalue weighted by Crippen LogP contribution is 2.06. The molecule has 0 aliphatic rings. The van der Waals surface area contributed by atoms with Crippen molar-refractivity contribution in [3.8, 4) is 0 Å². The van der Waals surface area contributed by atoms with Crippen LogP contribution in [0.1, 0.15) is 0 Å². The topological polar surface area (TPSA) is 89.4 Å². The minimum Gasteiger partial charge on any atom is -0.418 e. The molecule has 0 unspecified atom stereocenters. The van der Waals surface area contributed by atoms with Crippen molar-refractivity contribution in [3.63, 3.8) is 0 Å². The Hall–Kier alpha value is -0.0851. The molecule has 0 heterocycles. The van der Waals surface area contributed by atoms with Crippen LogP contribution in [0.5, 0.6) is 0 Å². The molecular formula is HBClF4O4-. The lowest BCUT2D eigenvalue weighted by atomic mass is 10.3. The fourth-order valence-electron chi connectivity index (χ4n) is 0. The van der Waals surface area contributed by atoms with Crippen LogP contribution in [0.4, 0.5) is 17.3 Å². The third-order valence-electron chi connectivity index (χ3n) is 0. The van der Waals surface area contributed by atoms with Gasteiger partial charge in [-0.25, -0.2) is 0 Å². The first kappa shape index (κ1) is 12.6. The molecule has 0 fully saturated rings. The van der Waals surface area contributed by atoms with Gasteiger partial charge in [-0.2, -0.15) is 14.0 Å². The summed E-state index contributed by atoms with van der Waals surface area (Å²) in [6.07, 6.45) is 0. The summed E-state index contributed by atoms with van der Waals surface area (Å²) in [6, 6.07) is 0. The molecule has 1 N–H and O–H groups in total. The molecule has 0 aromatic rings. The minimum atomic E-state index is -6.00. The average molecular weight is 187 g/mol. The van der Waals surface area contributed by atoms with E-state index in [4.69, 9.17) is 18.6 Å². The molecule has 4 nitrogen and oxygen atoms in total. The zero-order valence-corrected chi connectivity index (χ0v) is 4.90. The molecule has 0 amide bonds. The average Bonchev–Trinajstić information content (AvgIpc) is 1.12. The Morgan fingerprint density at radius 2 is 1.00 bits per heavy atom. The van der Waals surface area contributed by atoms with Gasteiger partial charge >= 0.3 is 7.25 Å². The maximum atomic E-state index is 9.75. The molecule has 64 valence electrons. The molecule has 0 saturated heterocycles. The van der Waals surface area contributed by atoms with Gasteiger partial charge in [0.15, 0.2) is 0 Å². The monoisotopic (exact) mass is 187 g/mol. The Labute approximate surface area is 54.5 Å². The lowest BCUT2D eigenvalue weighted by molar-refractivity contribution is -1.92. The number of hydrogen-bond acceptors (Lipinski definition) is 4. The molecular weight excluding hydrogens is 186 g/mol. The zero-order valence-electron chi connectivity index (χ0n) is 4.14. The first-order valence-corrected chi connectivity index (χ1v) is 2.77. The van der Waals surface area contributed by atoms with Crippen LogP contribution < -0.4 is 14.0 Å². The summed E-state index contributed by atoms with van der Waals surface area (Å²) in [5, 5.41) is 0. The quantitative estimate of drug-likeness (QED) is 0.327. The van der Waals surface area contributed by atoms with Crippen LogP contribution >= 0.6 is 0 Å². The second kappa shape index (κ2) is 3.93. The first-order valence-electron chi connectivity index (χ1n) is 1.50. The van der Waals surface area contributed by atoms with E-state index in [2.05, 4.69) is 0 Å². The molecule has 0 radical (unpaired) electrons. The lowest BCUT2D eigenvalue weighted by Crippen LogP contribution is -2.58. The predicted octanol–water partition coefficient (Wildman–Crippen LogP) is -2.82. The summed E-state index contributed by atoms with van der Waals surface area (Å²) < 4.78 is 71.7. The maximum Gasteiger partial charge on any atom is 0.673 e. The Morgan fingerprint density at radius 1 is 1.00 bits per heavy atom. The van der Waals surface area contributed by atoms with Crippen LogP contribution in [0.15, 0.2) is 0 Å². The van der Waals surface area contributed by atoms with Crippen molar-refractivity contribution in [2.45, 2.75) is 0 Å². The molecule has 0 aliphatic carbocycles. The van der Waals surface area contributed by atoms with Crippen molar-refractivity contribution in [2.24, 2.45) is 0 Å². The highest BCUT2D eigenvalue weighted by molar-refractivity contribution is 6.50. The normalized spacial score (nSPS) is 12.0. The summed E-state index contributed by atoms with van der Waals surface area (Å²) in [4.78, 5) is 0. The number of rotatable bonds is 0. The second-order valence-corrected chi connectivity index (χ2v) is 1.68. The van der Waals surface area contributed by atoms with E-state index in [1.165, 1.54) is 0 Å². The van der Waals surface area contributed by atoms with Crippen molar-refractivity contribution < 1.29 is 46.1 Å². The Balaban J connectivity index is 0. The first-order chi connectivity index (χ1) is 4.00. The molecule has 0 rings (SSSR count). The molecule has 0 bridgehead atoms. The maximum absolute atomic E-state index is 9.75. The predicted molar refractivity (Wildman–Crippen MR) is 12.4 cm³/mol. The standard InChI is InChI=1S/BF4.ClHO4/c2*2-1(3,4)5/h;(H,2,3,4,5)/q-1;. The van der Waals surface area contributed by atoms with Crippen LogP contribution in [-0.4, -0.2) is 11.9 Å². The van der Waals surface area contributed by atoms with E-state index in [0.29, 0.717) is 0 Å². The Kier molecular flexibility index (Phi) is 4.95. The third kappa shape index (κ3) is 52300. The largest absolute Gasteiger partial charge is 0.673 e. The van der Waals surface area contributed by atoms with Crippen LogP contribution in [0.2, 0.25) is 0 Å². The van der Waals surface area contributed by atoms with E-state index in [1.807, 2.05) is 0 Å². The summed E-state index contributed by atoms with van der Waals surface area (Å²) in [5.74, 6) is 0. The van der Waals surface area contributed by atoms with Crippen molar-refractivity contribution >= 4 is 7.25 Å². The van der Waals surface area contributed by atoms with Gasteiger partial charge in [0.1, 0.15) is 0 Å². The zero-order chi connectivity index (χ0) is 9.00. The summed E-state index contributed by atoms with van der Waals surface area (Å²) in [6.45, 7) is 0. The van der Waals surface area contributed by atoms with Crippen molar-refractivity contribution in [3.05, 3.63) is 0 Å². The lowest BCUT2D eigenvalue weighted by Gasteiger charge is -2.03. The number of hydrogen-bond donors (Lipinski definition) is 1. The van der Waals surface area contributed by atoms with Gasteiger partial charge in [0, 0.05) is 0 Å². The van der Waals surface area contributed by atoms with Crippen LogP contribution in [0.25, 0.3) is 0 Å². The van der Waals surface area contributed by atoms with Crippen molar-refractivity contribution in [1.29, 1.82) is 0 Å². The van der Waals surface area contributed by atoms with Gasteiger partial charge in [0.05, 0.1) is 14.9 Å². The fourth-order valence-corrected chi connectivity index (χ4v) is 0. The van der Waals surface area contributed by atoms with Gasteiger partial charge in [-0.3, -0.25) is 0 Å². The molecule has 10 heteroatoms. The highest BCUT2D eigenvalue weighted by atomic mass is 35.7. The van der Waals surface area contributed by atoms with E-state index < -0.39 is 17.5 Å². The molecule has 0 saturated carbocycles.